The van der Waals surface area contributed by atoms with E-state index in [-0.39, 0.29) is 29.7 Å². The molecule has 1 aliphatic rings. The topological polar surface area (TPSA) is 118 Å². The number of aromatic nitrogens is 3. The summed E-state index contributed by atoms with van der Waals surface area (Å²) in [6, 6.07) is 13.0. The number of alkyl carbamates (subject to hydrolysis) is 1. The van der Waals surface area contributed by atoms with Gasteiger partial charge in [0.1, 0.15) is 17.0 Å². The molecule has 1 saturated heterocycles. The zero-order valence-corrected chi connectivity index (χ0v) is 22.2. The second-order valence-electron chi connectivity index (χ2n) is 10.3. The van der Waals surface area contributed by atoms with Gasteiger partial charge in [-0.2, -0.15) is 0 Å². The fraction of sp³-hybridized carbons (Fsp3) is 0.393. The maximum Gasteiger partial charge on any atom is 0.407 e. The lowest BCUT2D eigenvalue weighted by atomic mass is 10.1. The number of amides is 2. The summed E-state index contributed by atoms with van der Waals surface area (Å²) in [5, 5.41) is 6.18. The smallest absolute Gasteiger partial charge is 0.407 e. The van der Waals surface area contributed by atoms with Crippen molar-refractivity contribution in [2.75, 3.05) is 23.3 Å². The molecule has 0 bridgehead atoms. The Kier molecular flexibility index (Phi) is 8.09. The van der Waals surface area contributed by atoms with Crippen LogP contribution in [0.4, 0.5) is 16.4 Å². The Hall–Kier alpha value is -4.21. The lowest BCUT2D eigenvalue weighted by Crippen LogP contribution is -2.44. The molecule has 2 amide bonds. The van der Waals surface area contributed by atoms with Crippen LogP contribution in [-0.2, 0) is 23.0 Å². The van der Waals surface area contributed by atoms with Crippen LogP contribution < -0.4 is 21.1 Å². The van der Waals surface area contributed by atoms with E-state index >= 15 is 0 Å². The van der Waals surface area contributed by atoms with Gasteiger partial charge in [-0.15, -0.1) is 0 Å². The first-order valence-electron chi connectivity index (χ1n) is 12.7. The second-order valence-corrected chi connectivity index (χ2v) is 10.3. The molecule has 2 aromatic heterocycles. The number of anilines is 2. The van der Waals surface area contributed by atoms with Crippen LogP contribution in [0.2, 0.25) is 0 Å². The number of nitrogens with zero attached hydrogens (tertiary/aromatic N) is 4. The molecule has 1 fully saturated rings. The zero-order chi connectivity index (χ0) is 27.3. The van der Waals surface area contributed by atoms with Crippen molar-refractivity contribution in [1.29, 1.82) is 0 Å². The van der Waals surface area contributed by atoms with Crippen molar-refractivity contribution in [1.82, 2.24) is 19.9 Å². The third-order valence-corrected chi connectivity index (χ3v) is 6.12. The summed E-state index contributed by atoms with van der Waals surface area (Å²) in [6.45, 7) is 6.18. The SMILES string of the molecule is Cn1c(NC[C@H](Cc2ccccc2)NC(=O)OC(C)(C)C)nc(-c2ccncc2)c(N2CCCC2=O)c1=O. The van der Waals surface area contributed by atoms with E-state index < -0.39 is 11.7 Å². The van der Waals surface area contributed by atoms with Gasteiger partial charge in [-0.25, -0.2) is 9.78 Å². The number of rotatable bonds is 8. The van der Waals surface area contributed by atoms with Crippen LogP contribution >= 0.6 is 0 Å². The van der Waals surface area contributed by atoms with Crippen LogP contribution in [0.1, 0.15) is 39.2 Å². The maximum absolute atomic E-state index is 13.6. The number of pyridine rings is 1. The van der Waals surface area contributed by atoms with E-state index in [9.17, 15) is 14.4 Å². The minimum absolute atomic E-state index is 0.0931. The number of carbonyl (C=O) groups excluding carboxylic acids is 2. The van der Waals surface area contributed by atoms with Crippen LogP contribution in [0.15, 0.2) is 59.7 Å². The van der Waals surface area contributed by atoms with Crippen LogP contribution in [0, 0.1) is 0 Å². The number of hydrogen-bond acceptors (Lipinski definition) is 7. The van der Waals surface area contributed by atoms with E-state index in [0.29, 0.717) is 43.0 Å². The van der Waals surface area contributed by atoms with E-state index in [4.69, 9.17) is 9.72 Å². The van der Waals surface area contributed by atoms with Gasteiger partial charge in [0.15, 0.2) is 0 Å². The molecular weight excluding hydrogens is 484 g/mol. The predicted molar refractivity (Wildman–Crippen MR) is 146 cm³/mol. The van der Waals surface area contributed by atoms with Crippen molar-refractivity contribution < 1.29 is 14.3 Å². The highest BCUT2D eigenvalue weighted by molar-refractivity contribution is 5.98. The van der Waals surface area contributed by atoms with Crippen LogP contribution in [0.5, 0.6) is 0 Å². The Morgan fingerprint density at radius 2 is 1.82 bits per heavy atom. The van der Waals surface area contributed by atoms with Gasteiger partial charge in [0, 0.05) is 44.5 Å². The molecule has 3 aromatic rings. The molecule has 200 valence electrons. The summed E-state index contributed by atoms with van der Waals surface area (Å²) < 4.78 is 6.87. The molecule has 10 heteroatoms. The fourth-order valence-electron chi connectivity index (χ4n) is 4.35. The Morgan fingerprint density at radius 3 is 2.45 bits per heavy atom. The van der Waals surface area contributed by atoms with Gasteiger partial charge in [-0.1, -0.05) is 30.3 Å². The van der Waals surface area contributed by atoms with Crippen molar-refractivity contribution >= 4 is 23.6 Å². The summed E-state index contributed by atoms with van der Waals surface area (Å²) in [5.41, 5.74) is 1.43. The lowest BCUT2D eigenvalue weighted by molar-refractivity contribution is -0.117. The number of nitrogens with one attached hydrogen (secondary N) is 2. The highest BCUT2D eigenvalue weighted by Gasteiger charge is 2.29. The first-order valence-corrected chi connectivity index (χ1v) is 12.7. The van der Waals surface area contributed by atoms with Gasteiger partial charge >= 0.3 is 6.09 Å². The zero-order valence-electron chi connectivity index (χ0n) is 22.2. The highest BCUT2D eigenvalue weighted by Crippen LogP contribution is 2.29. The van der Waals surface area contributed by atoms with Crippen molar-refractivity contribution in [3.8, 4) is 11.3 Å². The summed E-state index contributed by atoms with van der Waals surface area (Å²) in [7, 11) is 1.62. The highest BCUT2D eigenvalue weighted by atomic mass is 16.6. The molecule has 10 nitrogen and oxygen atoms in total. The van der Waals surface area contributed by atoms with Gasteiger partial charge < -0.3 is 20.3 Å². The molecule has 0 spiro atoms. The number of hydrogen-bond donors (Lipinski definition) is 2. The van der Waals surface area contributed by atoms with Crippen molar-refractivity contribution in [2.24, 2.45) is 7.05 Å². The predicted octanol–water partition coefficient (Wildman–Crippen LogP) is 3.52. The van der Waals surface area contributed by atoms with Crippen molar-refractivity contribution in [3.63, 3.8) is 0 Å². The summed E-state index contributed by atoms with van der Waals surface area (Å²) >= 11 is 0. The summed E-state index contributed by atoms with van der Waals surface area (Å²) in [4.78, 5) is 49.1. The van der Waals surface area contributed by atoms with Crippen LogP contribution in [0.3, 0.4) is 0 Å². The molecular formula is C28H34N6O4. The van der Waals surface area contributed by atoms with E-state index in [1.54, 1.807) is 31.6 Å². The summed E-state index contributed by atoms with van der Waals surface area (Å²) in [5.74, 6) is 0.227. The average molecular weight is 519 g/mol. The maximum atomic E-state index is 13.6. The molecule has 4 rings (SSSR count). The van der Waals surface area contributed by atoms with Gasteiger partial charge in [0.25, 0.3) is 5.56 Å². The number of carbonyl (C=O) groups is 2. The Bertz CT molecular complexity index is 1340. The minimum atomic E-state index is -0.636. The van der Waals surface area contributed by atoms with Gasteiger partial charge in [-0.3, -0.25) is 19.1 Å². The molecule has 2 N–H and O–H groups in total. The normalized spacial score (nSPS) is 14.3. The third kappa shape index (κ3) is 6.56. The molecule has 3 heterocycles. The van der Waals surface area contributed by atoms with E-state index in [2.05, 4.69) is 15.6 Å². The average Bonchev–Trinajstić information content (AvgIpc) is 3.29. The monoisotopic (exact) mass is 518 g/mol. The minimum Gasteiger partial charge on any atom is -0.444 e. The van der Waals surface area contributed by atoms with Crippen LogP contribution in [-0.4, -0.2) is 51.3 Å². The van der Waals surface area contributed by atoms with Crippen molar-refractivity contribution in [3.05, 3.63) is 70.8 Å². The third-order valence-electron chi connectivity index (χ3n) is 6.12. The number of ether oxygens (including phenoxy) is 1. The summed E-state index contributed by atoms with van der Waals surface area (Å²) in [6.07, 6.45) is 4.35. The van der Waals surface area contributed by atoms with Crippen LogP contribution in [0.25, 0.3) is 11.3 Å². The first kappa shape index (κ1) is 26.8. The molecule has 0 saturated carbocycles. The fourth-order valence-corrected chi connectivity index (χ4v) is 4.35. The lowest BCUT2D eigenvalue weighted by Gasteiger charge is -2.25. The van der Waals surface area contributed by atoms with Gasteiger partial charge in [0.2, 0.25) is 11.9 Å². The van der Waals surface area contributed by atoms with E-state index in [1.165, 1.54) is 9.47 Å². The standard InChI is InChI=1S/C28H34N6O4/c1-28(2,3)38-27(37)31-21(17-19-9-6-5-7-10-19)18-30-26-32-23(20-12-14-29-15-13-20)24(25(36)33(26)4)34-16-8-11-22(34)35/h5-7,9-10,12-15,21H,8,11,16-18H2,1-4H3,(H,30,32)(H,31,37)/t21-/m0/s1. The molecule has 1 atom stereocenters. The second kappa shape index (κ2) is 11.5. The van der Waals surface area contributed by atoms with Crippen molar-refractivity contribution in [2.45, 2.75) is 51.7 Å². The molecule has 0 radical (unpaired) electrons. The number of benzene rings is 1. The van der Waals surface area contributed by atoms with E-state index in [0.717, 1.165) is 5.56 Å². The Balaban J connectivity index is 1.65. The Morgan fingerprint density at radius 1 is 1.11 bits per heavy atom. The van der Waals surface area contributed by atoms with E-state index in [1.807, 2.05) is 51.1 Å². The van der Waals surface area contributed by atoms with Gasteiger partial charge in [-0.05, 0) is 51.3 Å². The molecule has 1 aromatic carbocycles. The molecule has 1 aliphatic heterocycles. The first-order chi connectivity index (χ1) is 18.1. The Labute approximate surface area is 222 Å². The molecule has 0 unspecified atom stereocenters. The van der Waals surface area contributed by atoms with Gasteiger partial charge in [0.05, 0.1) is 6.04 Å². The quantitative estimate of drug-likeness (QED) is 0.468. The molecule has 0 aliphatic carbocycles. The molecule has 38 heavy (non-hydrogen) atoms. The largest absolute Gasteiger partial charge is 0.444 e.